The number of ether oxygens (including phenoxy) is 2. The first-order valence-corrected chi connectivity index (χ1v) is 18.4. The average molecular weight is 738 g/mol. The maximum atomic E-state index is 14.2. The van der Waals surface area contributed by atoms with Crippen LogP contribution >= 0.6 is 0 Å². The Morgan fingerprint density at radius 1 is 1.00 bits per heavy atom. The van der Waals surface area contributed by atoms with E-state index in [-0.39, 0.29) is 24.3 Å². The van der Waals surface area contributed by atoms with Gasteiger partial charge in [-0.2, -0.15) is 0 Å². The fraction of sp³-hybridized carbons (Fsp3) is 0.256. The highest BCUT2D eigenvalue weighted by Crippen LogP contribution is 2.45. The predicted molar refractivity (Wildman–Crippen MR) is 197 cm³/mol. The number of carbonyl (C=O) groups is 4. The molecule has 6 rings (SSSR count). The highest BCUT2D eigenvalue weighted by atomic mass is 32.2. The smallest absolute Gasteiger partial charge is 0.264 e. The molecule has 4 aromatic rings. The molecule has 3 aromatic carbocycles. The van der Waals surface area contributed by atoms with Gasteiger partial charge in [-0.1, -0.05) is 61.2 Å². The molecule has 4 amide bonds. The number of nitrogens with zero attached hydrogens (tertiary/aromatic N) is 2. The fourth-order valence-electron chi connectivity index (χ4n) is 6.50. The van der Waals surface area contributed by atoms with E-state index in [0.29, 0.717) is 28.1 Å². The van der Waals surface area contributed by atoms with Gasteiger partial charge in [0.25, 0.3) is 15.9 Å². The second-order valence-corrected chi connectivity index (χ2v) is 14.6. The lowest BCUT2D eigenvalue weighted by Crippen LogP contribution is -2.57. The molecule has 3 N–H and O–H groups in total. The lowest BCUT2D eigenvalue weighted by atomic mass is 10.1. The summed E-state index contributed by atoms with van der Waals surface area (Å²) in [6.45, 7) is 8.64. The molecule has 14 heteroatoms. The van der Waals surface area contributed by atoms with Crippen LogP contribution in [0.25, 0.3) is 22.2 Å². The molecule has 2 heterocycles. The first kappa shape index (κ1) is 36.8. The predicted octanol–water partition coefficient (Wildman–Crippen LogP) is 3.52. The van der Waals surface area contributed by atoms with Crippen LogP contribution in [0.2, 0.25) is 0 Å². The molecule has 1 aliphatic heterocycles. The molecule has 1 saturated heterocycles. The van der Waals surface area contributed by atoms with E-state index >= 15 is 0 Å². The minimum atomic E-state index is -4.26. The maximum Gasteiger partial charge on any atom is 0.264 e. The minimum absolute atomic E-state index is 0.0130. The Labute approximate surface area is 307 Å². The van der Waals surface area contributed by atoms with Crippen molar-refractivity contribution in [2.45, 2.75) is 48.4 Å². The zero-order chi connectivity index (χ0) is 37.9. The van der Waals surface area contributed by atoms with Crippen LogP contribution in [-0.2, 0) is 29.2 Å². The van der Waals surface area contributed by atoms with E-state index in [1.54, 1.807) is 31.4 Å². The van der Waals surface area contributed by atoms with E-state index in [4.69, 9.17) is 14.5 Å². The van der Waals surface area contributed by atoms with Crippen LogP contribution in [-0.4, -0.2) is 79.3 Å². The van der Waals surface area contributed by atoms with Gasteiger partial charge in [0, 0.05) is 35.4 Å². The monoisotopic (exact) mass is 737 g/mol. The van der Waals surface area contributed by atoms with Crippen molar-refractivity contribution in [3.05, 3.63) is 110 Å². The summed E-state index contributed by atoms with van der Waals surface area (Å²) in [4.78, 5) is 59.8. The zero-order valence-corrected chi connectivity index (χ0v) is 30.0. The van der Waals surface area contributed by atoms with Gasteiger partial charge < -0.3 is 25.0 Å². The number of nitrogens with one attached hydrogen (secondary N) is 3. The molecule has 53 heavy (non-hydrogen) atoms. The van der Waals surface area contributed by atoms with Crippen LogP contribution in [0.5, 0.6) is 11.5 Å². The molecular formula is C39H39N5O8S. The highest BCUT2D eigenvalue weighted by molar-refractivity contribution is 7.90. The summed E-state index contributed by atoms with van der Waals surface area (Å²) >= 11 is 0. The zero-order valence-electron chi connectivity index (χ0n) is 29.2. The van der Waals surface area contributed by atoms with Crippen LogP contribution in [0, 0.1) is 5.92 Å². The average Bonchev–Trinajstić information content (AvgIpc) is 3.73. The number of carbonyl (C=O) groups excluding carboxylic acids is 4. The van der Waals surface area contributed by atoms with E-state index in [0.717, 1.165) is 11.6 Å². The van der Waals surface area contributed by atoms with Gasteiger partial charge in [0.2, 0.25) is 17.7 Å². The number of sulfonamides is 1. The Morgan fingerprint density at radius 3 is 2.34 bits per heavy atom. The molecule has 0 bridgehead atoms. The lowest BCUT2D eigenvalue weighted by molar-refractivity contribution is -0.141. The number of likely N-dealkylation sites (tertiary alicyclic amines) is 1. The van der Waals surface area contributed by atoms with Gasteiger partial charge in [-0.05, 0) is 43.7 Å². The van der Waals surface area contributed by atoms with Crippen molar-refractivity contribution in [3.63, 3.8) is 0 Å². The van der Waals surface area contributed by atoms with Gasteiger partial charge in [0.1, 0.15) is 35.2 Å². The molecule has 5 atom stereocenters. The third-order valence-electron chi connectivity index (χ3n) is 9.44. The maximum absolute atomic E-state index is 14.2. The quantitative estimate of drug-likeness (QED) is 0.137. The Bertz CT molecular complexity index is 2200. The largest absolute Gasteiger partial charge is 0.497 e. The van der Waals surface area contributed by atoms with E-state index in [1.165, 1.54) is 42.2 Å². The van der Waals surface area contributed by atoms with Crippen LogP contribution in [0.15, 0.2) is 115 Å². The van der Waals surface area contributed by atoms with Gasteiger partial charge in [0.15, 0.2) is 0 Å². The number of fused-ring (bicyclic) bond motifs is 1. The Hall–Kier alpha value is -6.02. The fourth-order valence-corrected chi connectivity index (χ4v) is 7.56. The Morgan fingerprint density at radius 2 is 1.70 bits per heavy atom. The number of pyridine rings is 1. The number of aromatic nitrogens is 1. The summed E-state index contributed by atoms with van der Waals surface area (Å²) in [5, 5.41) is 5.97. The Balaban J connectivity index is 1.30. The molecule has 2 aliphatic rings. The number of methoxy groups -OCH3 is 1. The van der Waals surface area contributed by atoms with Crippen LogP contribution in [0.3, 0.4) is 0 Å². The number of hydrogen-bond donors (Lipinski definition) is 3. The van der Waals surface area contributed by atoms with Gasteiger partial charge in [-0.3, -0.25) is 19.2 Å². The van der Waals surface area contributed by atoms with Crippen molar-refractivity contribution in [2.24, 2.45) is 5.92 Å². The number of amides is 4. The topological polar surface area (TPSA) is 173 Å². The molecular weight excluding hydrogens is 699 g/mol. The number of benzene rings is 3. The first-order valence-electron chi connectivity index (χ1n) is 16.9. The van der Waals surface area contributed by atoms with Crippen molar-refractivity contribution in [2.75, 3.05) is 13.7 Å². The third kappa shape index (κ3) is 7.63. The highest BCUT2D eigenvalue weighted by Gasteiger charge is 2.61. The summed E-state index contributed by atoms with van der Waals surface area (Å²) in [7, 11) is -2.70. The number of hydrogen-bond acceptors (Lipinski definition) is 9. The first-order chi connectivity index (χ1) is 25.4. The van der Waals surface area contributed by atoms with Gasteiger partial charge in [-0.15, -0.1) is 6.58 Å². The summed E-state index contributed by atoms with van der Waals surface area (Å²) in [5.41, 5.74) is 0.449. The number of rotatable bonds is 13. The van der Waals surface area contributed by atoms with Crippen molar-refractivity contribution < 1.29 is 37.1 Å². The normalized spacial score (nSPS) is 21.2. The lowest BCUT2D eigenvalue weighted by Gasteiger charge is -2.28. The molecule has 13 nitrogen and oxygen atoms in total. The van der Waals surface area contributed by atoms with E-state index in [1.807, 2.05) is 36.4 Å². The van der Waals surface area contributed by atoms with Crippen molar-refractivity contribution in [1.82, 2.24) is 25.2 Å². The van der Waals surface area contributed by atoms with Crippen molar-refractivity contribution >= 4 is 44.6 Å². The van der Waals surface area contributed by atoms with Crippen molar-refractivity contribution in [1.29, 1.82) is 0 Å². The second-order valence-electron chi connectivity index (χ2n) is 12.9. The van der Waals surface area contributed by atoms with Crippen LogP contribution in [0.4, 0.5) is 0 Å². The molecule has 0 radical (unpaired) electrons. The molecule has 2 fully saturated rings. The molecule has 274 valence electrons. The summed E-state index contributed by atoms with van der Waals surface area (Å²) in [5.74, 6) is -2.29. The van der Waals surface area contributed by atoms with E-state index in [2.05, 4.69) is 28.5 Å². The molecule has 0 spiro atoms. The van der Waals surface area contributed by atoms with Crippen molar-refractivity contribution in [3.8, 4) is 22.8 Å². The van der Waals surface area contributed by atoms with E-state index in [9.17, 15) is 27.6 Å². The van der Waals surface area contributed by atoms with Gasteiger partial charge >= 0.3 is 0 Å². The molecule has 1 aliphatic carbocycles. The van der Waals surface area contributed by atoms with E-state index < -0.39 is 63.3 Å². The standard InChI is InChI=1S/C39H39N5O8S/c1-5-26-22-39(26,38(48)43-53(49,50)29-15-11-8-12-16-29)42-36(46)33-20-28(23-44(33)37(47)24(3)40-35(45)6-2)52-34-21-31(25-13-9-7-10-14-25)41-32-19-27(51-4)17-18-30(32)34/h5-19,21,24,26,28,33H,1-2,20,22-23H2,3-4H3,(H,40,45)(H,42,46)(H,43,48)/t24-,26+,28+,33-,39+/m0/s1. The summed E-state index contributed by atoms with van der Waals surface area (Å²) < 4.78 is 40.2. The SMILES string of the molecule is C=CC(=O)N[C@@H](C)C(=O)N1C[C@H](Oc2cc(-c3ccccc3)nc3cc(OC)ccc23)C[C@H]1C(=O)N[C@]1(C(=O)NS(=O)(=O)c2ccccc2)C[C@H]1C=C. The van der Waals surface area contributed by atoms with Crippen LogP contribution < -0.4 is 24.8 Å². The summed E-state index contributed by atoms with van der Waals surface area (Å²) in [6, 6.07) is 21.9. The summed E-state index contributed by atoms with van der Waals surface area (Å²) in [6.07, 6.45) is 1.90. The molecule has 1 saturated carbocycles. The third-order valence-corrected chi connectivity index (χ3v) is 10.8. The minimum Gasteiger partial charge on any atom is -0.497 e. The molecule has 1 aromatic heterocycles. The Kier molecular flexibility index (Phi) is 10.3. The van der Waals surface area contributed by atoms with Gasteiger partial charge in [-0.25, -0.2) is 18.1 Å². The second kappa shape index (κ2) is 14.9. The molecule has 0 unspecified atom stereocenters. The van der Waals surface area contributed by atoms with Crippen LogP contribution in [0.1, 0.15) is 19.8 Å². The van der Waals surface area contributed by atoms with Gasteiger partial charge in [0.05, 0.1) is 29.8 Å².